The van der Waals surface area contributed by atoms with Gasteiger partial charge < -0.3 is 45.6 Å². The Morgan fingerprint density at radius 3 is 2.00 bits per heavy atom. The van der Waals surface area contributed by atoms with E-state index in [9.17, 15) is 50.1 Å². The van der Waals surface area contributed by atoms with E-state index in [-0.39, 0.29) is 6.29 Å². The van der Waals surface area contributed by atoms with Crippen LogP contribution in [0.1, 0.15) is 0 Å². The zero-order valence-corrected chi connectivity index (χ0v) is 16.5. The summed E-state index contributed by atoms with van der Waals surface area (Å²) in [6, 6.07) is 0. The monoisotopic (exact) mass is 484 g/mol. The van der Waals surface area contributed by atoms with Crippen LogP contribution in [0.4, 0.5) is 0 Å². The van der Waals surface area contributed by atoms with Crippen LogP contribution < -0.4 is 0 Å². The second-order valence-corrected chi connectivity index (χ2v) is 8.68. The lowest BCUT2D eigenvalue weighted by Gasteiger charge is -2.28. The Balaban J connectivity index is 2.84. The second-order valence-electron chi connectivity index (χ2n) is 6.31. The molecule has 9 atom stereocenters. The maximum atomic E-state index is 11.9. The Bertz CT molecular complexity index is 627. The first-order valence-corrected chi connectivity index (χ1v) is 8.98. The molecular weight excluding hydrogens is 467 g/mol. The number of ketones is 1. The fraction of sp³-hybridized carbons (Fsp3) is 0.786. The molecule has 0 aromatic rings. The van der Waals surface area contributed by atoms with Crippen molar-refractivity contribution in [3.05, 3.63) is 0 Å². The molecule has 29 heavy (non-hydrogen) atoms. The molecule has 0 saturated heterocycles. The Kier molecular flexibility index (Phi) is 8.79. The van der Waals surface area contributed by atoms with Gasteiger partial charge in [-0.05, 0) is 0 Å². The summed E-state index contributed by atoms with van der Waals surface area (Å²) in [6.45, 7) is -1.01. The predicted molar refractivity (Wildman–Crippen MR) is 92.8 cm³/mol. The first kappa shape index (κ1) is 26.4. The highest BCUT2D eigenvalue weighted by Gasteiger charge is 2.76. The minimum atomic E-state index is -2.79. The number of carbonyl (C=O) groups excluding carboxylic acids is 3. The molecule has 0 spiro atoms. The van der Waals surface area contributed by atoms with Crippen LogP contribution >= 0.6 is 34.8 Å². The summed E-state index contributed by atoms with van der Waals surface area (Å²) in [5, 5.41) is 76.8. The molecule has 0 radical (unpaired) electrons. The molecule has 15 heteroatoms. The van der Waals surface area contributed by atoms with Crippen molar-refractivity contribution in [3.63, 3.8) is 0 Å². The molecule has 0 bridgehead atoms. The van der Waals surface area contributed by atoms with Crippen LogP contribution in [0, 0.1) is 5.92 Å². The Morgan fingerprint density at radius 1 is 1.10 bits per heavy atom. The van der Waals surface area contributed by atoms with Crippen LogP contribution in [0.2, 0.25) is 0 Å². The van der Waals surface area contributed by atoms with E-state index in [2.05, 4.69) is 4.74 Å². The molecule has 1 aliphatic rings. The average molecular weight is 486 g/mol. The third-order valence-electron chi connectivity index (χ3n) is 4.33. The third kappa shape index (κ3) is 5.35. The molecule has 0 amide bonds. The van der Waals surface area contributed by atoms with Crippen molar-refractivity contribution in [1.29, 1.82) is 0 Å². The van der Waals surface area contributed by atoms with E-state index in [1.54, 1.807) is 0 Å². The van der Waals surface area contributed by atoms with Gasteiger partial charge >= 0.3 is 5.97 Å². The van der Waals surface area contributed by atoms with Gasteiger partial charge in [0.1, 0.15) is 36.4 Å². The lowest BCUT2D eigenvalue weighted by molar-refractivity contribution is -0.187. The van der Waals surface area contributed by atoms with Crippen LogP contribution in [-0.2, 0) is 19.1 Å². The van der Waals surface area contributed by atoms with Gasteiger partial charge in [0.25, 0.3) is 0 Å². The summed E-state index contributed by atoms with van der Waals surface area (Å²) in [4.78, 5) is 34.5. The molecule has 0 aliphatic heterocycles. The van der Waals surface area contributed by atoms with E-state index >= 15 is 0 Å². The highest BCUT2D eigenvalue weighted by molar-refractivity contribution is 6.69. The van der Waals surface area contributed by atoms with Crippen LogP contribution in [-0.4, -0.2) is 118 Å². The van der Waals surface area contributed by atoms with E-state index in [0.29, 0.717) is 0 Å². The van der Waals surface area contributed by atoms with Crippen molar-refractivity contribution in [2.75, 3.05) is 6.61 Å². The van der Waals surface area contributed by atoms with E-state index in [1.807, 2.05) is 0 Å². The number of carbonyl (C=O) groups is 3. The van der Waals surface area contributed by atoms with E-state index in [0.717, 1.165) is 0 Å². The largest absolute Gasteiger partial charge is 0.450 e. The van der Waals surface area contributed by atoms with Crippen molar-refractivity contribution in [3.8, 4) is 0 Å². The average Bonchev–Trinajstić information content (AvgIpc) is 3.24. The number of Topliss-reactive ketones (excluding diaryl/α,β-unsaturated/α-hetero) is 1. The van der Waals surface area contributed by atoms with Gasteiger partial charge in [0.15, 0.2) is 29.9 Å². The summed E-state index contributed by atoms with van der Waals surface area (Å²) >= 11 is 16.4. The van der Waals surface area contributed by atoms with Gasteiger partial charge in [-0.15, -0.1) is 0 Å². The smallest absolute Gasteiger partial charge is 0.338 e. The molecule has 168 valence electrons. The highest BCUT2D eigenvalue weighted by atomic mass is 35.6. The van der Waals surface area contributed by atoms with Gasteiger partial charge in [-0.3, -0.25) is 9.59 Å². The summed E-state index contributed by atoms with van der Waals surface area (Å²) in [5.74, 6) is -4.78. The van der Waals surface area contributed by atoms with Gasteiger partial charge in [0.2, 0.25) is 3.79 Å². The standard InChI is InChI=1S/C14H19Cl3O12/c15-14(16,17)9-11(26)13(9,28)10(25)7(23)8(24)12(27)29-4(2-19)6(22)5(21)3(20)1-18/h2-10,18,20-25,28H,1H2/t3-,4+,5-,6-,7-,8+,9?,10+,13-/m1/s1. The van der Waals surface area contributed by atoms with Gasteiger partial charge in [0, 0.05) is 0 Å². The number of esters is 1. The summed E-state index contributed by atoms with van der Waals surface area (Å²) in [6.07, 6.45) is -16.4. The van der Waals surface area contributed by atoms with Crippen LogP contribution in [0.5, 0.6) is 0 Å². The van der Waals surface area contributed by atoms with Gasteiger partial charge in [-0.25, -0.2) is 4.79 Å². The van der Waals surface area contributed by atoms with Crippen molar-refractivity contribution in [2.45, 2.75) is 52.1 Å². The minimum absolute atomic E-state index is 0.192. The topological polar surface area (TPSA) is 222 Å². The quantitative estimate of drug-likeness (QED) is 0.0833. The highest BCUT2D eigenvalue weighted by Crippen LogP contribution is 2.55. The van der Waals surface area contributed by atoms with E-state index in [1.165, 1.54) is 0 Å². The number of aldehydes is 1. The Labute approximate surface area is 177 Å². The van der Waals surface area contributed by atoms with E-state index < -0.39 is 76.4 Å². The van der Waals surface area contributed by atoms with E-state index in [4.69, 9.17) is 39.9 Å². The van der Waals surface area contributed by atoms with Crippen LogP contribution in [0.3, 0.4) is 0 Å². The summed E-state index contributed by atoms with van der Waals surface area (Å²) in [7, 11) is 0. The number of aliphatic hydroxyl groups excluding tert-OH is 7. The number of alkyl halides is 3. The number of halogens is 3. The van der Waals surface area contributed by atoms with Crippen LogP contribution in [0.15, 0.2) is 0 Å². The van der Waals surface area contributed by atoms with Crippen molar-refractivity contribution in [2.24, 2.45) is 5.92 Å². The maximum Gasteiger partial charge on any atom is 0.338 e. The molecule has 0 heterocycles. The Hall–Kier alpha value is -0.640. The molecule has 1 fully saturated rings. The number of rotatable bonds is 10. The molecule has 1 unspecified atom stereocenters. The van der Waals surface area contributed by atoms with Gasteiger partial charge in [0.05, 0.1) is 6.61 Å². The summed E-state index contributed by atoms with van der Waals surface area (Å²) < 4.78 is 2.02. The zero-order valence-electron chi connectivity index (χ0n) is 14.2. The van der Waals surface area contributed by atoms with Crippen molar-refractivity contribution >= 4 is 52.8 Å². The Morgan fingerprint density at radius 2 is 1.62 bits per heavy atom. The normalized spacial score (nSPS) is 29.2. The number of hydrogen-bond donors (Lipinski definition) is 8. The second kappa shape index (κ2) is 9.66. The van der Waals surface area contributed by atoms with Crippen molar-refractivity contribution < 1.29 is 60.0 Å². The SMILES string of the molecule is O=C[C@H](OC(=O)[C@@H](O)[C@@H](O)[C@H](O)[C@@]1(O)C(=O)C1C(Cl)(Cl)Cl)[C@@H](O)[C@H](O)[C@H](O)CO. The number of aliphatic hydroxyl groups is 8. The minimum Gasteiger partial charge on any atom is -0.450 e. The number of hydrogen-bond acceptors (Lipinski definition) is 12. The summed E-state index contributed by atoms with van der Waals surface area (Å²) in [5.41, 5.74) is -2.79. The molecule has 0 aromatic carbocycles. The maximum absolute atomic E-state index is 11.9. The molecule has 1 aliphatic carbocycles. The van der Waals surface area contributed by atoms with Gasteiger partial charge in [-0.2, -0.15) is 0 Å². The fourth-order valence-corrected chi connectivity index (χ4v) is 3.30. The van der Waals surface area contributed by atoms with Crippen LogP contribution in [0.25, 0.3) is 0 Å². The molecule has 1 rings (SSSR count). The van der Waals surface area contributed by atoms with Gasteiger partial charge in [-0.1, -0.05) is 34.8 Å². The third-order valence-corrected chi connectivity index (χ3v) is 4.99. The lowest BCUT2D eigenvalue weighted by Crippen LogP contribution is -2.53. The predicted octanol–water partition coefficient (Wildman–Crippen LogP) is -4.44. The molecule has 12 nitrogen and oxygen atoms in total. The fourth-order valence-electron chi connectivity index (χ4n) is 2.51. The van der Waals surface area contributed by atoms with Crippen molar-refractivity contribution in [1.82, 2.24) is 0 Å². The first-order valence-electron chi connectivity index (χ1n) is 7.84. The molecule has 1 saturated carbocycles. The molecule has 0 aromatic heterocycles. The molecular formula is C14H19Cl3O12. The lowest BCUT2D eigenvalue weighted by atomic mass is 9.99. The number of ether oxygens (including phenoxy) is 1. The zero-order chi connectivity index (χ0) is 22.9. The molecule has 8 N–H and O–H groups in total. The first-order chi connectivity index (χ1) is 13.2.